The van der Waals surface area contributed by atoms with Crippen molar-refractivity contribution in [1.82, 2.24) is 19.5 Å². The lowest BCUT2D eigenvalue weighted by molar-refractivity contribution is 0.238. The summed E-state index contributed by atoms with van der Waals surface area (Å²) in [7, 11) is 0. The first-order valence-electron chi connectivity index (χ1n) is 10.7. The fourth-order valence-electron chi connectivity index (χ4n) is 3.89. The van der Waals surface area contributed by atoms with Crippen molar-refractivity contribution in [2.24, 2.45) is 0 Å². The molecule has 0 atom stereocenters. The molecule has 1 aliphatic rings. The summed E-state index contributed by atoms with van der Waals surface area (Å²) in [4.78, 5) is 6.96. The number of halogens is 2. The second-order valence-electron chi connectivity index (χ2n) is 7.87. The van der Waals surface area contributed by atoms with Gasteiger partial charge in [-0.1, -0.05) is 11.6 Å². The van der Waals surface area contributed by atoms with Crippen LogP contribution in [-0.4, -0.2) is 50.8 Å². The van der Waals surface area contributed by atoms with E-state index in [4.69, 9.17) is 16.3 Å². The van der Waals surface area contributed by atoms with E-state index >= 15 is 0 Å². The molecule has 2 aromatic carbocycles. The fraction of sp³-hybridized carbons (Fsp3) is 0.250. The summed E-state index contributed by atoms with van der Waals surface area (Å²) >= 11 is 6.29. The fourth-order valence-corrected chi connectivity index (χ4v) is 4.12. The number of ether oxygens (including phenoxy) is 1. The Morgan fingerprint density at radius 3 is 2.61 bits per heavy atom. The molecule has 1 fully saturated rings. The number of rotatable bonds is 7. The van der Waals surface area contributed by atoms with E-state index in [0.29, 0.717) is 23.2 Å². The van der Waals surface area contributed by atoms with Gasteiger partial charge in [0.25, 0.3) is 0 Å². The number of likely N-dealkylation sites (tertiary alicyclic amines) is 1. The third-order valence-corrected chi connectivity index (χ3v) is 5.91. The SMILES string of the molecule is Cl.Oc1ccc(Cl)c(-c2ccc3nc(Nc4ccc(OCCN5CCCC5)cc4)nn3c2)c1. The van der Waals surface area contributed by atoms with Crippen LogP contribution in [0.15, 0.2) is 60.8 Å². The number of aromatic hydroxyl groups is 1. The maximum Gasteiger partial charge on any atom is 0.247 e. The van der Waals surface area contributed by atoms with Crippen molar-refractivity contribution in [2.45, 2.75) is 12.8 Å². The number of hydrogen-bond acceptors (Lipinski definition) is 6. The van der Waals surface area contributed by atoms with Crippen LogP contribution in [0, 0.1) is 0 Å². The highest BCUT2D eigenvalue weighted by molar-refractivity contribution is 6.33. The summed E-state index contributed by atoms with van der Waals surface area (Å²) in [5, 5.41) is 18.1. The molecule has 0 aliphatic carbocycles. The topological polar surface area (TPSA) is 74.9 Å². The maximum atomic E-state index is 9.78. The molecule has 1 saturated heterocycles. The van der Waals surface area contributed by atoms with E-state index in [0.717, 1.165) is 29.1 Å². The van der Waals surface area contributed by atoms with Crippen LogP contribution in [-0.2, 0) is 0 Å². The minimum Gasteiger partial charge on any atom is -0.508 e. The number of phenolic OH excluding ortho intramolecular Hbond substituents is 1. The Balaban J connectivity index is 0.00000259. The molecular weight excluding hydrogens is 461 g/mol. The lowest BCUT2D eigenvalue weighted by Gasteiger charge is -2.15. The lowest BCUT2D eigenvalue weighted by Crippen LogP contribution is -2.25. The van der Waals surface area contributed by atoms with Crippen molar-refractivity contribution in [1.29, 1.82) is 0 Å². The normalized spacial score (nSPS) is 13.7. The highest BCUT2D eigenvalue weighted by Gasteiger charge is 2.11. The first-order chi connectivity index (χ1) is 15.6. The Bertz CT molecular complexity index is 1220. The largest absolute Gasteiger partial charge is 0.508 e. The highest BCUT2D eigenvalue weighted by atomic mass is 35.5. The maximum absolute atomic E-state index is 9.78. The number of phenols is 1. The second-order valence-corrected chi connectivity index (χ2v) is 8.27. The van der Waals surface area contributed by atoms with E-state index in [1.807, 2.05) is 42.6 Å². The zero-order valence-corrected chi connectivity index (χ0v) is 19.5. The second kappa shape index (κ2) is 10.3. The predicted octanol–water partition coefficient (Wildman–Crippen LogP) is 5.40. The van der Waals surface area contributed by atoms with Crippen molar-refractivity contribution < 1.29 is 9.84 Å². The van der Waals surface area contributed by atoms with E-state index in [1.165, 1.54) is 25.9 Å². The van der Waals surface area contributed by atoms with E-state index in [1.54, 1.807) is 22.7 Å². The van der Waals surface area contributed by atoms with Gasteiger partial charge in [-0.2, -0.15) is 4.98 Å². The average molecular weight is 486 g/mol. The molecule has 2 N–H and O–H groups in total. The van der Waals surface area contributed by atoms with Crippen molar-refractivity contribution in [2.75, 3.05) is 31.6 Å². The molecule has 5 rings (SSSR count). The molecule has 0 spiro atoms. The smallest absolute Gasteiger partial charge is 0.247 e. The summed E-state index contributed by atoms with van der Waals surface area (Å²) < 4.78 is 7.55. The third kappa shape index (κ3) is 5.50. The van der Waals surface area contributed by atoms with Crippen molar-refractivity contribution in [3.63, 3.8) is 0 Å². The number of nitrogens with one attached hydrogen (secondary N) is 1. The van der Waals surface area contributed by atoms with Gasteiger partial charge in [-0.25, -0.2) is 4.52 Å². The molecule has 9 heteroatoms. The van der Waals surface area contributed by atoms with Crippen molar-refractivity contribution in [3.8, 4) is 22.6 Å². The monoisotopic (exact) mass is 485 g/mol. The molecule has 1 aliphatic heterocycles. The molecule has 4 aromatic rings. The van der Waals surface area contributed by atoms with Gasteiger partial charge in [-0.3, -0.25) is 4.90 Å². The van der Waals surface area contributed by atoms with Gasteiger partial charge in [0.2, 0.25) is 5.95 Å². The van der Waals surface area contributed by atoms with Crippen LogP contribution in [0.4, 0.5) is 11.6 Å². The highest BCUT2D eigenvalue weighted by Crippen LogP contribution is 2.31. The molecular formula is C24H25Cl2N5O2. The zero-order chi connectivity index (χ0) is 21.9. The molecule has 0 amide bonds. The predicted molar refractivity (Wildman–Crippen MR) is 133 cm³/mol. The van der Waals surface area contributed by atoms with Gasteiger partial charge in [0.15, 0.2) is 5.65 Å². The zero-order valence-electron chi connectivity index (χ0n) is 17.9. The first-order valence-corrected chi connectivity index (χ1v) is 11.1. The molecule has 0 saturated carbocycles. The van der Waals surface area contributed by atoms with E-state index < -0.39 is 0 Å². The van der Waals surface area contributed by atoms with Crippen LogP contribution in [0.3, 0.4) is 0 Å². The average Bonchev–Trinajstić information content (AvgIpc) is 3.45. The van der Waals surface area contributed by atoms with Crippen LogP contribution in [0.5, 0.6) is 11.5 Å². The minimum atomic E-state index is 0. The number of hydrogen-bond donors (Lipinski definition) is 2. The van der Waals surface area contributed by atoms with Gasteiger partial charge < -0.3 is 15.2 Å². The van der Waals surface area contributed by atoms with Gasteiger partial charge in [0, 0.05) is 34.6 Å². The summed E-state index contributed by atoms with van der Waals surface area (Å²) in [5.41, 5.74) is 3.16. The number of pyridine rings is 1. The summed E-state index contributed by atoms with van der Waals surface area (Å²) in [6, 6.07) is 16.4. The first kappa shape index (κ1) is 23.2. The lowest BCUT2D eigenvalue weighted by atomic mass is 10.1. The molecule has 172 valence electrons. The summed E-state index contributed by atoms with van der Waals surface area (Å²) in [5.74, 6) is 1.51. The third-order valence-electron chi connectivity index (χ3n) is 5.58. The van der Waals surface area contributed by atoms with Crippen molar-refractivity contribution in [3.05, 3.63) is 65.8 Å². The van der Waals surface area contributed by atoms with Gasteiger partial charge in [-0.05, 0) is 80.5 Å². The van der Waals surface area contributed by atoms with Crippen LogP contribution in [0.1, 0.15) is 12.8 Å². The molecule has 0 bridgehead atoms. The van der Waals surface area contributed by atoms with Gasteiger partial charge in [0.1, 0.15) is 18.1 Å². The van der Waals surface area contributed by atoms with Gasteiger partial charge >= 0.3 is 0 Å². The number of anilines is 2. The molecule has 3 heterocycles. The van der Waals surface area contributed by atoms with E-state index in [9.17, 15) is 5.11 Å². The summed E-state index contributed by atoms with van der Waals surface area (Å²) in [6.45, 7) is 4.04. The molecule has 33 heavy (non-hydrogen) atoms. The molecule has 7 nitrogen and oxygen atoms in total. The number of aromatic nitrogens is 3. The Labute approximate surface area is 203 Å². The Kier molecular flexibility index (Phi) is 7.23. The van der Waals surface area contributed by atoms with Crippen LogP contribution < -0.4 is 10.1 Å². The van der Waals surface area contributed by atoms with Gasteiger partial charge in [-0.15, -0.1) is 17.5 Å². The molecule has 2 aromatic heterocycles. The Morgan fingerprint density at radius 1 is 1.03 bits per heavy atom. The quantitative estimate of drug-likeness (QED) is 0.365. The van der Waals surface area contributed by atoms with E-state index in [-0.39, 0.29) is 18.2 Å². The number of benzene rings is 2. The number of nitrogens with zero attached hydrogens (tertiary/aromatic N) is 4. The molecule has 0 radical (unpaired) electrons. The Hall–Kier alpha value is -3.00. The van der Waals surface area contributed by atoms with Crippen LogP contribution >= 0.6 is 24.0 Å². The van der Waals surface area contributed by atoms with Crippen LogP contribution in [0.25, 0.3) is 16.8 Å². The van der Waals surface area contributed by atoms with Crippen LogP contribution in [0.2, 0.25) is 5.02 Å². The van der Waals surface area contributed by atoms with Crippen molar-refractivity contribution >= 4 is 41.3 Å². The van der Waals surface area contributed by atoms with E-state index in [2.05, 4.69) is 20.3 Å². The number of fused-ring (bicyclic) bond motifs is 1. The molecule has 0 unspecified atom stereocenters. The standard InChI is InChI=1S/C24H24ClN5O2.ClH/c25-22-9-6-19(31)15-21(22)17-3-10-23-27-24(28-30(23)16-17)26-18-4-7-20(8-5-18)32-14-13-29-11-1-2-12-29;/h3-10,15-16,31H,1-2,11-14H2,(H,26,28);1H. The summed E-state index contributed by atoms with van der Waals surface area (Å²) in [6.07, 6.45) is 4.43. The minimum absolute atomic E-state index is 0. The van der Waals surface area contributed by atoms with Gasteiger partial charge in [0.05, 0.1) is 0 Å². The Morgan fingerprint density at radius 2 is 1.82 bits per heavy atom.